The minimum absolute atomic E-state index is 0.0309. The highest BCUT2D eigenvalue weighted by Crippen LogP contribution is 2.20. The lowest BCUT2D eigenvalue weighted by Crippen LogP contribution is -2.59. The summed E-state index contributed by atoms with van der Waals surface area (Å²) in [7, 11) is 2.82. The quantitative estimate of drug-likeness (QED) is 0.0676. The minimum Gasteiger partial charge on any atom is -0.508 e. The number of hydrogen-bond donors (Lipinski definition) is 10. The zero-order chi connectivity index (χ0) is 59.2. The molecule has 3 aromatic rings. The average molecular weight is 1110 g/mol. The molecule has 1 aliphatic heterocycles. The predicted molar refractivity (Wildman–Crippen MR) is 297 cm³/mol. The van der Waals surface area contributed by atoms with Crippen molar-refractivity contribution in [3.8, 4) is 11.5 Å². The highest BCUT2D eigenvalue weighted by Gasteiger charge is 2.37. The zero-order valence-electron chi connectivity index (χ0n) is 46.4. The number of amides is 7. The van der Waals surface area contributed by atoms with Crippen molar-refractivity contribution in [1.82, 2.24) is 36.8 Å². The van der Waals surface area contributed by atoms with E-state index in [0.29, 0.717) is 24.8 Å². The van der Waals surface area contributed by atoms with Gasteiger partial charge in [0, 0.05) is 26.5 Å². The fourth-order valence-electron chi connectivity index (χ4n) is 8.86. The number of carbonyl (C=O) groups is 9. The summed E-state index contributed by atoms with van der Waals surface area (Å²) in [5.41, 5.74) is 2.90. The SMILES string of the molecule is C=C1C(=O)NC(C)C(=O)NC(CCCc2ccc(O)cc2)C(=O)NC(C(=O)O)C(C)C(=O)NC(CCCc2ccc(O)cc2)C(=O)NC(C=CC(C)=CC(C)C(Cc2ccccc2)OC)C(C)C(=O)NC(C(=O)O)CCC(=O)N1C. The second-order valence-corrected chi connectivity index (χ2v) is 20.3. The van der Waals surface area contributed by atoms with Crippen molar-refractivity contribution >= 4 is 53.3 Å². The number of carboxylic acids is 2. The molecule has 3 aromatic carbocycles. The van der Waals surface area contributed by atoms with Crippen LogP contribution in [-0.4, -0.2) is 135 Å². The molecule has 21 nitrogen and oxygen atoms in total. The number of nitrogens with zero attached hydrogens (tertiary/aromatic N) is 1. The van der Waals surface area contributed by atoms with Crippen LogP contribution >= 0.6 is 0 Å². The number of aryl methyl sites for hydroxylation is 2. The van der Waals surface area contributed by atoms with Crippen LogP contribution in [0, 0.1) is 17.8 Å². The number of benzene rings is 3. The van der Waals surface area contributed by atoms with Crippen LogP contribution in [0.5, 0.6) is 11.5 Å². The lowest BCUT2D eigenvalue weighted by atomic mass is 9.94. The number of phenols is 2. The van der Waals surface area contributed by atoms with Gasteiger partial charge in [-0.05, 0) is 106 Å². The third-order valence-corrected chi connectivity index (χ3v) is 14.1. The molecule has 80 heavy (non-hydrogen) atoms. The van der Waals surface area contributed by atoms with Gasteiger partial charge in [0.2, 0.25) is 35.4 Å². The molecule has 1 heterocycles. The second-order valence-electron chi connectivity index (χ2n) is 20.3. The zero-order valence-corrected chi connectivity index (χ0v) is 46.4. The van der Waals surface area contributed by atoms with Gasteiger partial charge in [-0.25, -0.2) is 9.59 Å². The maximum absolute atomic E-state index is 14.7. The van der Waals surface area contributed by atoms with Gasteiger partial charge in [-0.3, -0.25) is 33.6 Å². The first-order valence-corrected chi connectivity index (χ1v) is 26.6. The Bertz CT molecular complexity index is 2710. The number of hydrogen-bond acceptors (Lipinski definition) is 12. The minimum atomic E-state index is -1.92. The van der Waals surface area contributed by atoms with Crippen LogP contribution in [0.25, 0.3) is 0 Å². The first kappa shape index (κ1) is 64.2. The number of likely N-dealkylation sites (N-methyl/N-ethyl adjacent to an activating group) is 1. The summed E-state index contributed by atoms with van der Waals surface area (Å²) in [5.74, 6) is -12.2. The summed E-state index contributed by atoms with van der Waals surface area (Å²) in [6.07, 6.45) is 5.74. The van der Waals surface area contributed by atoms with Crippen LogP contribution < -0.4 is 31.9 Å². The first-order valence-electron chi connectivity index (χ1n) is 26.6. The lowest BCUT2D eigenvalue weighted by Gasteiger charge is -2.28. The first-order chi connectivity index (χ1) is 37.9. The van der Waals surface area contributed by atoms with E-state index in [9.17, 15) is 63.6 Å². The van der Waals surface area contributed by atoms with Gasteiger partial charge in [0.05, 0.1) is 24.0 Å². The van der Waals surface area contributed by atoms with E-state index in [4.69, 9.17) is 4.74 Å². The number of nitrogens with one attached hydrogen (secondary N) is 6. The number of rotatable bonds is 17. The van der Waals surface area contributed by atoms with Gasteiger partial charge in [0.1, 0.15) is 47.4 Å². The van der Waals surface area contributed by atoms with Crippen molar-refractivity contribution in [1.29, 1.82) is 0 Å². The molecular weight excluding hydrogens is 1030 g/mol. The van der Waals surface area contributed by atoms with E-state index >= 15 is 0 Å². The maximum Gasteiger partial charge on any atom is 0.327 e. The summed E-state index contributed by atoms with van der Waals surface area (Å²) < 4.78 is 5.85. The topological polar surface area (TPSA) is 319 Å². The molecule has 1 fully saturated rings. The van der Waals surface area contributed by atoms with Crippen LogP contribution in [0.3, 0.4) is 0 Å². The molecule has 1 aliphatic rings. The molecule has 0 bridgehead atoms. The van der Waals surface area contributed by atoms with Gasteiger partial charge in [-0.1, -0.05) is 106 Å². The maximum atomic E-state index is 14.7. The number of methoxy groups -OCH3 is 1. The summed E-state index contributed by atoms with van der Waals surface area (Å²) in [6, 6.07) is 13.5. The fourth-order valence-corrected chi connectivity index (χ4v) is 8.86. The molecule has 432 valence electrons. The van der Waals surface area contributed by atoms with E-state index < -0.39 is 120 Å². The predicted octanol–water partition coefficient (Wildman–Crippen LogP) is 3.98. The Balaban J connectivity index is 1.77. The van der Waals surface area contributed by atoms with E-state index in [1.165, 1.54) is 52.1 Å². The van der Waals surface area contributed by atoms with Crippen molar-refractivity contribution in [2.24, 2.45) is 17.8 Å². The normalized spacial score (nSPS) is 23.7. The number of aromatic hydroxyl groups is 2. The van der Waals surface area contributed by atoms with Crippen molar-refractivity contribution in [2.45, 2.75) is 135 Å². The molecule has 0 aliphatic carbocycles. The lowest BCUT2D eigenvalue weighted by molar-refractivity contribution is -0.146. The summed E-state index contributed by atoms with van der Waals surface area (Å²) in [5, 5.41) is 55.7. The number of allylic oxidation sites excluding steroid dienone is 2. The number of phenolic OH excluding ortho intramolecular Hbond substituents is 2. The van der Waals surface area contributed by atoms with E-state index in [1.54, 1.807) is 43.5 Å². The Morgan fingerprint density at radius 3 is 1.74 bits per heavy atom. The molecule has 1 saturated heterocycles. The highest BCUT2D eigenvalue weighted by atomic mass is 16.5. The standard InChI is InChI=1S/C59H77N7O14/c1-34(32-35(2)49(80-8)33-42-14-10-9-11-15-42)20-29-45-36(3)52(70)64-48(58(76)77)30-31-50(69)66(7)39(6)55(73)60-38(5)54(72)63-47(19-13-17-41-23-27-44(68)28-24-41)57(75)65-51(59(78)79)37(4)53(71)62-46(56(74)61-45)18-12-16-40-21-25-43(67)26-22-40/h9-11,14-15,20-29,32,35-38,45-49,51,67-68H,6,12-13,16-19,30-31,33H2,1-5,7-8H3,(H,60,73)(H,61,74)(H,62,71)(H,63,72)(H,64,70)(H,65,75)(H,76,77)(H,78,79). The van der Waals surface area contributed by atoms with Gasteiger partial charge in [-0.2, -0.15) is 0 Å². The smallest absolute Gasteiger partial charge is 0.327 e. The molecule has 0 saturated carbocycles. The summed E-state index contributed by atoms with van der Waals surface area (Å²) in [4.78, 5) is 124. The van der Waals surface area contributed by atoms with Gasteiger partial charge in [0.15, 0.2) is 0 Å². The van der Waals surface area contributed by atoms with Crippen molar-refractivity contribution < 1.29 is 68.3 Å². The summed E-state index contributed by atoms with van der Waals surface area (Å²) in [6.45, 7) is 11.4. The van der Waals surface area contributed by atoms with Crippen molar-refractivity contribution in [3.63, 3.8) is 0 Å². The van der Waals surface area contributed by atoms with Crippen LogP contribution in [0.4, 0.5) is 0 Å². The van der Waals surface area contributed by atoms with Gasteiger partial charge in [0.25, 0.3) is 5.91 Å². The second kappa shape index (κ2) is 31.3. The van der Waals surface area contributed by atoms with E-state index in [-0.39, 0.29) is 49.2 Å². The van der Waals surface area contributed by atoms with Crippen LogP contribution in [0.2, 0.25) is 0 Å². The highest BCUT2D eigenvalue weighted by molar-refractivity contribution is 6.00. The van der Waals surface area contributed by atoms with E-state index in [0.717, 1.165) is 21.6 Å². The molecule has 4 rings (SSSR count). The molecule has 0 radical (unpaired) electrons. The van der Waals surface area contributed by atoms with Gasteiger partial charge < -0.3 is 62.0 Å². The Labute approximate surface area is 466 Å². The van der Waals surface area contributed by atoms with Crippen molar-refractivity contribution in [3.05, 3.63) is 132 Å². The van der Waals surface area contributed by atoms with Gasteiger partial charge in [-0.15, -0.1) is 0 Å². The Morgan fingerprint density at radius 1 is 0.688 bits per heavy atom. The Hall–Kier alpha value is -8.33. The molecule has 0 spiro atoms. The molecule has 0 aromatic heterocycles. The van der Waals surface area contributed by atoms with Crippen LogP contribution in [0.15, 0.2) is 115 Å². The Morgan fingerprint density at radius 2 is 1.21 bits per heavy atom. The monoisotopic (exact) mass is 1110 g/mol. The van der Waals surface area contributed by atoms with E-state index in [2.05, 4.69) is 38.5 Å². The molecule has 21 heteroatoms. The molecular formula is C59H77N7O14. The van der Waals surface area contributed by atoms with Gasteiger partial charge >= 0.3 is 11.9 Å². The Kier molecular flexibility index (Phi) is 25.1. The fraction of sp³-hybridized carbons (Fsp3) is 0.441. The summed E-state index contributed by atoms with van der Waals surface area (Å²) >= 11 is 0. The van der Waals surface area contributed by atoms with Crippen LogP contribution in [0.1, 0.15) is 89.8 Å². The number of aliphatic carboxylic acids is 2. The third kappa shape index (κ3) is 20.2. The number of ether oxygens (including phenoxy) is 1. The van der Waals surface area contributed by atoms with Crippen LogP contribution in [-0.2, 0) is 67.2 Å². The average Bonchev–Trinajstić information content (AvgIpc) is 3.44. The largest absolute Gasteiger partial charge is 0.508 e. The number of carboxylic acid groups (broad SMARTS) is 2. The number of carbonyl (C=O) groups excluding carboxylic acids is 7. The molecule has 7 amide bonds. The van der Waals surface area contributed by atoms with Crippen molar-refractivity contribution in [2.75, 3.05) is 14.2 Å². The molecule has 10 atom stereocenters. The third-order valence-electron chi connectivity index (χ3n) is 14.1. The molecule has 10 N–H and O–H groups in total. The van der Waals surface area contributed by atoms with E-state index in [1.807, 2.05) is 50.3 Å². The molecule has 10 unspecified atom stereocenters.